The van der Waals surface area contributed by atoms with Crippen LogP contribution in [0.1, 0.15) is 56.6 Å². The molecule has 0 radical (unpaired) electrons. The van der Waals surface area contributed by atoms with Crippen molar-refractivity contribution >= 4 is 30.7 Å². The van der Waals surface area contributed by atoms with Gasteiger partial charge < -0.3 is 20.1 Å². The molecule has 0 heterocycles. The van der Waals surface area contributed by atoms with Crippen molar-refractivity contribution in [1.29, 1.82) is 0 Å². The summed E-state index contributed by atoms with van der Waals surface area (Å²) in [7, 11) is 0. The molecule has 9 nitrogen and oxygen atoms in total. The Kier molecular flexibility index (Phi) is 17.9. The largest absolute Gasteiger partial charge is 0.508 e. The van der Waals surface area contributed by atoms with Crippen LogP contribution < -0.4 is 0 Å². The molecule has 4 aromatic rings. The van der Waals surface area contributed by atoms with Crippen molar-refractivity contribution in [1.82, 2.24) is 0 Å². The molecule has 4 aromatic carbocycles. The van der Waals surface area contributed by atoms with Crippen LogP contribution in [-0.2, 0) is 16.3 Å². The summed E-state index contributed by atoms with van der Waals surface area (Å²) in [5.41, 5.74) is 3.43. The SMILES string of the molecule is C.C=O.CC(=O)c1ccc(O)cc1.O=C(/C=C/c1ccc(COO)cc1)c1ccc(O)cc1.O=Cc1ccc(O)cc1. The summed E-state index contributed by atoms with van der Waals surface area (Å²) in [6.45, 7) is 3.63. The topological polar surface area (TPSA) is 158 Å². The van der Waals surface area contributed by atoms with Crippen LogP contribution in [-0.4, -0.2) is 45.2 Å². The second-order valence-electron chi connectivity index (χ2n) is 8.07. The predicted octanol–water partition coefficient (Wildman–Crippen LogP) is 6.53. The molecule has 0 atom stereocenters. The van der Waals surface area contributed by atoms with Crippen molar-refractivity contribution < 1.29 is 44.6 Å². The summed E-state index contributed by atoms with van der Waals surface area (Å²) in [6.07, 6.45) is 3.92. The number of Topliss-reactive ketones (excluding diaryl/α,β-unsaturated/α-hetero) is 1. The van der Waals surface area contributed by atoms with Crippen LogP contribution in [0.25, 0.3) is 6.08 Å². The highest BCUT2D eigenvalue weighted by Crippen LogP contribution is 2.13. The van der Waals surface area contributed by atoms with Gasteiger partial charge >= 0.3 is 0 Å². The minimum atomic E-state index is -0.132. The number of aromatic hydroxyl groups is 3. The Bertz CT molecular complexity index is 1380. The summed E-state index contributed by atoms with van der Waals surface area (Å²) in [5.74, 6) is 0.380. The first-order chi connectivity index (χ1) is 19.7. The lowest BCUT2D eigenvalue weighted by atomic mass is 10.1. The normalized spacial score (nSPS) is 9.38. The highest BCUT2D eigenvalue weighted by molar-refractivity contribution is 6.06. The second kappa shape index (κ2) is 20.5. The lowest BCUT2D eigenvalue weighted by Crippen LogP contribution is -1.93. The van der Waals surface area contributed by atoms with E-state index in [1.165, 1.54) is 49.4 Å². The zero-order valence-electron chi connectivity index (χ0n) is 22.2. The molecule has 0 saturated heterocycles. The molecule has 0 saturated carbocycles. The molecule has 0 aliphatic carbocycles. The fourth-order valence-electron chi connectivity index (χ4n) is 2.94. The number of ketones is 2. The Morgan fingerprint density at radius 3 is 1.50 bits per heavy atom. The van der Waals surface area contributed by atoms with Crippen LogP contribution in [0.5, 0.6) is 17.2 Å². The summed E-state index contributed by atoms with van der Waals surface area (Å²) in [5, 5.41) is 35.1. The van der Waals surface area contributed by atoms with E-state index in [9.17, 15) is 14.4 Å². The molecule has 0 fully saturated rings. The average molecular weight is 575 g/mol. The average Bonchev–Trinajstić information content (AvgIpc) is 2.99. The molecule has 0 unspecified atom stereocenters. The van der Waals surface area contributed by atoms with Gasteiger partial charge in [-0.3, -0.25) is 19.6 Å². The molecule has 0 spiro atoms. The van der Waals surface area contributed by atoms with Gasteiger partial charge in [0.1, 0.15) is 36.9 Å². The van der Waals surface area contributed by atoms with Crippen molar-refractivity contribution in [3.8, 4) is 17.2 Å². The van der Waals surface area contributed by atoms with Crippen molar-refractivity contribution in [2.24, 2.45) is 0 Å². The molecule has 0 aliphatic heterocycles. The Hall–Kier alpha value is -5.38. The minimum absolute atomic E-state index is 0. The van der Waals surface area contributed by atoms with E-state index in [2.05, 4.69) is 4.89 Å². The van der Waals surface area contributed by atoms with Gasteiger partial charge in [0.15, 0.2) is 11.6 Å². The summed E-state index contributed by atoms with van der Waals surface area (Å²) < 4.78 is 0. The number of phenols is 3. The Morgan fingerprint density at radius 1 is 0.690 bits per heavy atom. The van der Waals surface area contributed by atoms with Crippen molar-refractivity contribution in [3.05, 3.63) is 131 Å². The summed E-state index contributed by atoms with van der Waals surface area (Å²) >= 11 is 0. The predicted molar refractivity (Wildman–Crippen MR) is 161 cm³/mol. The lowest BCUT2D eigenvalue weighted by Gasteiger charge is -1.99. The van der Waals surface area contributed by atoms with E-state index >= 15 is 0 Å². The zero-order valence-corrected chi connectivity index (χ0v) is 22.2. The number of phenolic OH excluding ortho intramolecular Hbond substituents is 3. The third-order valence-corrected chi connectivity index (χ3v) is 5.09. The third-order valence-electron chi connectivity index (χ3n) is 5.09. The second-order valence-corrected chi connectivity index (χ2v) is 8.07. The van der Waals surface area contributed by atoms with Gasteiger partial charge in [0.2, 0.25) is 0 Å². The van der Waals surface area contributed by atoms with Crippen LogP contribution >= 0.6 is 0 Å². The molecule has 0 bridgehead atoms. The number of hydrogen-bond donors (Lipinski definition) is 4. The number of carbonyl (C=O) groups excluding carboxylic acids is 4. The van der Waals surface area contributed by atoms with Crippen molar-refractivity contribution in [3.63, 3.8) is 0 Å². The highest BCUT2D eigenvalue weighted by atomic mass is 17.1. The first kappa shape index (κ1) is 36.6. The standard InChI is InChI=1S/C16H14O4.C8H8O2.C7H6O2.CH2O.CH4/c17-15-8-6-14(7-9-15)16(18)10-5-12-1-3-13(4-2-12)11-20-19;1-6(9)7-2-4-8(10)5-3-7;8-5-6-1-3-7(9)4-2-6;1-2;/h1-10,17,19H,11H2;2-5,10H,1H3;1-5,9H;1H2;1H4/b10-5+;;;;. The third kappa shape index (κ3) is 14.1. The van der Waals surface area contributed by atoms with E-state index in [1.807, 2.05) is 18.9 Å². The van der Waals surface area contributed by atoms with Gasteiger partial charge in [0, 0.05) is 16.7 Å². The van der Waals surface area contributed by atoms with E-state index < -0.39 is 0 Å². The number of aldehydes is 1. The maximum atomic E-state index is 11.9. The summed E-state index contributed by atoms with van der Waals surface area (Å²) in [4.78, 5) is 44.6. The van der Waals surface area contributed by atoms with Gasteiger partial charge in [0.25, 0.3) is 0 Å². The van der Waals surface area contributed by atoms with Gasteiger partial charge in [-0.2, -0.15) is 0 Å². The molecule has 0 aromatic heterocycles. The van der Waals surface area contributed by atoms with Gasteiger partial charge in [-0.15, -0.1) is 0 Å². The first-order valence-electron chi connectivity index (χ1n) is 11.9. The van der Waals surface area contributed by atoms with Crippen molar-refractivity contribution in [2.45, 2.75) is 21.0 Å². The van der Waals surface area contributed by atoms with Crippen LogP contribution in [0.3, 0.4) is 0 Å². The molecule has 9 heteroatoms. The van der Waals surface area contributed by atoms with Gasteiger partial charge in [-0.05, 0) is 96.9 Å². The zero-order chi connectivity index (χ0) is 30.6. The smallest absolute Gasteiger partial charge is 0.185 e. The lowest BCUT2D eigenvalue weighted by molar-refractivity contribution is -0.253. The monoisotopic (exact) mass is 574 g/mol. The quantitative estimate of drug-likeness (QED) is 0.0633. The minimum Gasteiger partial charge on any atom is -0.508 e. The van der Waals surface area contributed by atoms with Crippen LogP contribution in [0, 0.1) is 0 Å². The van der Waals surface area contributed by atoms with E-state index in [4.69, 9.17) is 25.4 Å². The highest BCUT2D eigenvalue weighted by Gasteiger charge is 2.01. The van der Waals surface area contributed by atoms with E-state index in [-0.39, 0.29) is 42.8 Å². The van der Waals surface area contributed by atoms with Crippen LogP contribution in [0.2, 0.25) is 0 Å². The van der Waals surface area contributed by atoms with Crippen LogP contribution in [0.15, 0.2) is 103 Å². The van der Waals surface area contributed by atoms with E-state index in [1.54, 1.807) is 54.6 Å². The molecule has 4 rings (SSSR count). The maximum Gasteiger partial charge on any atom is 0.185 e. The number of rotatable bonds is 7. The van der Waals surface area contributed by atoms with Crippen LogP contribution in [0.4, 0.5) is 0 Å². The molecule has 42 heavy (non-hydrogen) atoms. The maximum absolute atomic E-state index is 11.9. The number of hydrogen-bond acceptors (Lipinski definition) is 9. The van der Waals surface area contributed by atoms with Gasteiger partial charge in [-0.25, -0.2) is 4.89 Å². The van der Waals surface area contributed by atoms with Crippen molar-refractivity contribution in [2.75, 3.05) is 0 Å². The molecule has 0 aliphatic rings. The molecular formula is C33H34O9. The molecular weight excluding hydrogens is 540 g/mol. The fraction of sp³-hybridized carbons (Fsp3) is 0.0909. The molecule has 0 amide bonds. The van der Waals surface area contributed by atoms with Gasteiger partial charge in [-0.1, -0.05) is 37.8 Å². The summed E-state index contributed by atoms with van der Waals surface area (Å²) in [6, 6.07) is 25.6. The first-order valence-corrected chi connectivity index (χ1v) is 11.9. The number of carbonyl (C=O) groups is 4. The molecule has 220 valence electrons. The fourth-order valence-corrected chi connectivity index (χ4v) is 2.94. The van der Waals surface area contributed by atoms with Gasteiger partial charge in [0.05, 0.1) is 0 Å². The number of allylic oxidation sites excluding steroid dienone is 1. The van der Waals surface area contributed by atoms with E-state index in [0.717, 1.165) is 17.4 Å². The Morgan fingerprint density at radius 2 is 1.10 bits per heavy atom. The molecule has 4 N–H and O–H groups in total. The van der Waals surface area contributed by atoms with E-state index in [0.29, 0.717) is 16.7 Å². The Labute approximate surface area is 244 Å². The Balaban J connectivity index is 0.000000642. The number of benzene rings is 4.